The predicted molar refractivity (Wildman–Crippen MR) is 67.9 cm³/mol. The minimum absolute atomic E-state index is 0.312. The Bertz CT molecular complexity index is 201. The molecule has 0 aromatic heterocycles. The number of allylic oxidation sites excluding steroid dienone is 1. The number of rotatable bonds is 4. The molecule has 0 saturated heterocycles. The number of hydrogen-bond acceptors (Lipinski definition) is 5. The van der Waals surface area contributed by atoms with Gasteiger partial charge in [-0.05, 0) is 6.08 Å². The molecule has 0 rings (SSSR count). The Kier molecular flexibility index (Phi) is 24.5. The van der Waals surface area contributed by atoms with Gasteiger partial charge in [0.2, 0.25) is 0 Å². The molecule has 0 aliphatic carbocycles. The summed E-state index contributed by atoms with van der Waals surface area (Å²) in [4.78, 5) is 13.9. The van der Waals surface area contributed by atoms with Crippen LogP contribution in [0.25, 0.3) is 0 Å². The lowest BCUT2D eigenvalue weighted by Crippen LogP contribution is -2.08. The SMILES string of the molecule is CC.CN=C(C=O)/C=C(\N)COC.COC. The van der Waals surface area contributed by atoms with Crippen molar-refractivity contribution in [2.24, 2.45) is 10.7 Å². The van der Waals surface area contributed by atoms with E-state index in [0.717, 1.165) is 0 Å². The highest BCUT2D eigenvalue weighted by Crippen LogP contribution is 1.85. The fraction of sp³-hybridized carbons (Fsp3) is 0.636. The van der Waals surface area contributed by atoms with Crippen LogP contribution in [0.3, 0.4) is 0 Å². The smallest absolute Gasteiger partial charge is 0.168 e. The Morgan fingerprint density at radius 3 is 2.00 bits per heavy atom. The molecule has 0 spiro atoms. The summed E-state index contributed by atoms with van der Waals surface area (Å²) in [6.45, 7) is 4.31. The molecule has 0 radical (unpaired) electrons. The molecule has 0 atom stereocenters. The number of methoxy groups -OCH3 is 2. The third-order valence-corrected chi connectivity index (χ3v) is 1.02. The molecule has 96 valence electrons. The fourth-order valence-corrected chi connectivity index (χ4v) is 0.550. The first kappa shape index (κ1) is 20.2. The second kappa shape index (κ2) is 19.4. The zero-order valence-electron chi connectivity index (χ0n) is 11.1. The molecule has 5 nitrogen and oxygen atoms in total. The van der Waals surface area contributed by atoms with Crippen molar-refractivity contribution in [2.75, 3.05) is 35.0 Å². The molecule has 0 aromatic rings. The van der Waals surface area contributed by atoms with Crippen LogP contribution in [-0.4, -0.2) is 47.0 Å². The molecule has 0 aliphatic rings. The lowest BCUT2D eigenvalue weighted by atomic mass is 10.3. The Morgan fingerprint density at radius 2 is 1.75 bits per heavy atom. The Labute approximate surface area is 98.3 Å². The zero-order valence-corrected chi connectivity index (χ0v) is 11.1. The summed E-state index contributed by atoms with van der Waals surface area (Å²) >= 11 is 0. The topological polar surface area (TPSA) is 73.9 Å². The van der Waals surface area contributed by atoms with Gasteiger partial charge in [-0.2, -0.15) is 0 Å². The van der Waals surface area contributed by atoms with Crippen molar-refractivity contribution < 1.29 is 14.3 Å². The average molecular weight is 232 g/mol. The molecule has 0 bridgehead atoms. The van der Waals surface area contributed by atoms with Gasteiger partial charge in [-0.1, -0.05) is 13.8 Å². The highest BCUT2D eigenvalue weighted by atomic mass is 16.5. The maximum atomic E-state index is 10.2. The van der Waals surface area contributed by atoms with E-state index in [1.807, 2.05) is 13.8 Å². The number of carbonyl (C=O) groups is 1. The normalized spacial score (nSPS) is 10.6. The van der Waals surface area contributed by atoms with Crippen LogP contribution in [-0.2, 0) is 14.3 Å². The van der Waals surface area contributed by atoms with Crippen LogP contribution in [0.15, 0.2) is 16.8 Å². The number of carbonyl (C=O) groups excluding carboxylic acids is 1. The van der Waals surface area contributed by atoms with Crippen molar-refractivity contribution in [3.63, 3.8) is 0 Å². The van der Waals surface area contributed by atoms with Crippen molar-refractivity contribution in [1.29, 1.82) is 0 Å². The lowest BCUT2D eigenvalue weighted by molar-refractivity contribution is -0.102. The molecule has 0 aromatic carbocycles. The molecular formula is C11H24N2O3. The first-order chi connectivity index (χ1) is 7.65. The van der Waals surface area contributed by atoms with E-state index in [-0.39, 0.29) is 0 Å². The van der Waals surface area contributed by atoms with Crippen molar-refractivity contribution in [2.45, 2.75) is 13.8 Å². The second-order valence-corrected chi connectivity index (χ2v) is 2.33. The van der Waals surface area contributed by atoms with Crippen LogP contribution >= 0.6 is 0 Å². The van der Waals surface area contributed by atoms with Crippen molar-refractivity contribution >= 4 is 12.0 Å². The van der Waals surface area contributed by atoms with Gasteiger partial charge in [-0.25, -0.2) is 0 Å². The van der Waals surface area contributed by atoms with Gasteiger partial charge in [-0.3, -0.25) is 9.79 Å². The molecule has 2 N–H and O–H groups in total. The van der Waals surface area contributed by atoms with Gasteiger partial charge in [0.25, 0.3) is 0 Å². The third kappa shape index (κ3) is 18.6. The lowest BCUT2D eigenvalue weighted by Gasteiger charge is -1.96. The Balaban J connectivity index is -0.000000289. The summed E-state index contributed by atoms with van der Waals surface area (Å²) in [5.74, 6) is 0. The largest absolute Gasteiger partial charge is 0.400 e. The first-order valence-electron chi connectivity index (χ1n) is 4.93. The molecule has 5 heteroatoms. The van der Waals surface area contributed by atoms with Crippen LogP contribution in [0.1, 0.15) is 13.8 Å². The zero-order chi connectivity index (χ0) is 13.4. The van der Waals surface area contributed by atoms with E-state index in [1.54, 1.807) is 14.2 Å². The number of hydrogen-bond donors (Lipinski definition) is 1. The minimum Gasteiger partial charge on any atom is -0.400 e. The van der Waals surface area contributed by atoms with Gasteiger partial charge in [-0.15, -0.1) is 0 Å². The summed E-state index contributed by atoms with van der Waals surface area (Å²) in [7, 11) is 6.31. The summed E-state index contributed by atoms with van der Waals surface area (Å²) in [6, 6.07) is 0. The van der Waals surface area contributed by atoms with Crippen molar-refractivity contribution in [1.82, 2.24) is 0 Å². The standard InChI is InChI=1S/C7H12N2O2.C2H6O.C2H6/c1-9-7(4-10)3-6(8)5-11-2;1-3-2;1-2/h3-4H,5,8H2,1-2H3;1-2H3;1-2H3/b6-3-,9-7?;;. The maximum absolute atomic E-state index is 10.2. The van der Waals surface area contributed by atoms with Crippen molar-refractivity contribution in [3.8, 4) is 0 Å². The van der Waals surface area contributed by atoms with Crippen LogP contribution in [0.5, 0.6) is 0 Å². The molecule has 16 heavy (non-hydrogen) atoms. The molecule has 0 unspecified atom stereocenters. The van der Waals surface area contributed by atoms with Crippen LogP contribution in [0.4, 0.5) is 0 Å². The minimum atomic E-state index is 0.312. The van der Waals surface area contributed by atoms with Gasteiger partial charge in [0.1, 0.15) is 0 Å². The second-order valence-electron chi connectivity index (χ2n) is 2.33. The van der Waals surface area contributed by atoms with Crippen LogP contribution < -0.4 is 5.73 Å². The molecule has 0 amide bonds. The summed E-state index contributed by atoms with van der Waals surface area (Å²) in [5.41, 5.74) is 6.24. The highest BCUT2D eigenvalue weighted by molar-refractivity contribution is 6.33. The van der Waals surface area contributed by atoms with E-state index in [1.165, 1.54) is 20.2 Å². The molecule has 0 aliphatic heterocycles. The van der Waals surface area contributed by atoms with Gasteiger partial charge >= 0.3 is 0 Å². The molecule has 0 fully saturated rings. The quantitative estimate of drug-likeness (QED) is 0.580. The van der Waals surface area contributed by atoms with E-state index in [9.17, 15) is 4.79 Å². The van der Waals surface area contributed by atoms with E-state index < -0.39 is 0 Å². The van der Waals surface area contributed by atoms with Crippen LogP contribution in [0.2, 0.25) is 0 Å². The van der Waals surface area contributed by atoms with Crippen LogP contribution in [0, 0.1) is 0 Å². The summed E-state index contributed by atoms with van der Waals surface area (Å²) in [5, 5.41) is 0. The van der Waals surface area contributed by atoms with Gasteiger partial charge < -0.3 is 15.2 Å². The number of nitrogens with zero attached hydrogens (tertiary/aromatic N) is 1. The van der Waals surface area contributed by atoms with E-state index in [0.29, 0.717) is 24.3 Å². The number of ether oxygens (including phenoxy) is 2. The first-order valence-corrected chi connectivity index (χ1v) is 4.93. The van der Waals surface area contributed by atoms with E-state index in [4.69, 9.17) is 10.5 Å². The molecule has 0 heterocycles. The average Bonchev–Trinajstić information content (AvgIpc) is 2.30. The van der Waals surface area contributed by atoms with Gasteiger partial charge in [0.05, 0.1) is 12.3 Å². The molecular weight excluding hydrogens is 208 g/mol. The van der Waals surface area contributed by atoms with Gasteiger partial charge in [0, 0.05) is 34.1 Å². The predicted octanol–water partition coefficient (Wildman–Crippen LogP) is 1.03. The number of aldehydes is 1. The third-order valence-electron chi connectivity index (χ3n) is 1.02. The number of nitrogens with two attached hydrogens (primary N) is 1. The van der Waals surface area contributed by atoms with E-state index in [2.05, 4.69) is 9.73 Å². The summed E-state index contributed by atoms with van der Waals surface area (Å²) < 4.78 is 8.98. The van der Waals surface area contributed by atoms with Crippen molar-refractivity contribution in [3.05, 3.63) is 11.8 Å². The Morgan fingerprint density at radius 1 is 1.31 bits per heavy atom. The van der Waals surface area contributed by atoms with Gasteiger partial charge in [0.15, 0.2) is 6.29 Å². The highest BCUT2D eigenvalue weighted by Gasteiger charge is 1.92. The fourth-order valence-electron chi connectivity index (χ4n) is 0.550. The Hall–Kier alpha value is -1.20. The molecule has 0 saturated carbocycles. The maximum Gasteiger partial charge on any atom is 0.168 e. The van der Waals surface area contributed by atoms with E-state index >= 15 is 0 Å². The summed E-state index contributed by atoms with van der Waals surface area (Å²) in [6.07, 6.45) is 2.12. The number of aliphatic imine (C=N–C) groups is 1. The monoisotopic (exact) mass is 232 g/mol.